The highest BCUT2D eigenvalue weighted by Crippen LogP contribution is 2.32. The summed E-state index contributed by atoms with van der Waals surface area (Å²) >= 11 is 0. The van der Waals surface area contributed by atoms with E-state index in [1.807, 2.05) is 0 Å². The molecule has 0 saturated carbocycles. The molecule has 0 atom stereocenters. The molecule has 1 aromatic carbocycles. The van der Waals surface area contributed by atoms with Crippen molar-refractivity contribution in [3.63, 3.8) is 0 Å². The Morgan fingerprint density at radius 3 is 2.64 bits per heavy atom. The minimum absolute atomic E-state index is 0.0369. The Bertz CT molecular complexity index is 607. The second kappa shape index (κ2) is 7.62. The summed E-state index contributed by atoms with van der Waals surface area (Å²) in [6.07, 6.45) is 4.62. The van der Waals surface area contributed by atoms with Gasteiger partial charge in [0.2, 0.25) is 6.79 Å². The summed E-state index contributed by atoms with van der Waals surface area (Å²) in [5.74, 6) is 1.88. The van der Waals surface area contributed by atoms with Crippen LogP contribution < -0.4 is 14.8 Å². The van der Waals surface area contributed by atoms with Crippen molar-refractivity contribution in [2.75, 3.05) is 39.6 Å². The normalized spacial score (nSPS) is 22.1. The number of benzene rings is 1. The zero-order chi connectivity index (χ0) is 17.1. The van der Waals surface area contributed by atoms with Gasteiger partial charge in [-0.2, -0.15) is 0 Å². The molecule has 1 N–H and O–H groups in total. The molecule has 6 heteroatoms. The standard InChI is InChI=1S/C19H26N2O4/c22-19(15-1-2-17-18(11-15)25-13-24-17)20-12-14-3-7-21(8-4-14)16-5-9-23-10-6-16/h1-2,11,14,16H,3-10,12-13H2,(H,20,22). The number of piperidine rings is 1. The van der Waals surface area contributed by atoms with Gasteiger partial charge >= 0.3 is 0 Å². The fourth-order valence-electron chi connectivity index (χ4n) is 3.95. The smallest absolute Gasteiger partial charge is 0.251 e. The first-order valence-electron chi connectivity index (χ1n) is 9.29. The molecule has 0 unspecified atom stereocenters. The van der Waals surface area contributed by atoms with E-state index in [2.05, 4.69) is 10.2 Å². The van der Waals surface area contributed by atoms with E-state index in [1.54, 1.807) is 18.2 Å². The average molecular weight is 346 g/mol. The van der Waals surface area contributed by atoms with Crippen LogP contribution in [0, 0.1) is 5.92 Å². The number of hydrogen-bond donors (Lipinski definition) is 1. The number of amides is 1. The number of ether oxygens (including phenoxy) is 3. The molecule has 0 radical (unpaired) electrons. The Morgan fingerprint density at radius 2 is 1.84 bits per heavy atom. The molecule has 2 saturated heterocycles. The first kappa shape index (κ1) is 16.7. The van der Waals surface area contributed by atoms with Crippen LogP contribution in [-0.2, 0) is 4.74 Å². The third-order valence-electron chi connectivity index (χ3n) is 5.54. The van der Waals surface area contributed by atoms with E-state index in [9.17, 15) is 4.79 Å². The van der Waals surface area contributed by atoms with E-state index >= 15 is 0 Å². The van der Waals surface area contributed by atoms with Gasteiger partial charge in [0.25, 0.3) is 5.91 Å². The molecule has 0 aromatic heterocycles. The Labute approximate surface area is 148 Å². The summed E-state index contributed by atoms with van der Waals surface area (Å²) in [6.45, 7) is 5.04. The highest BCUT2D eigenvalue weighted by molar-refractivity contribution is 5.94. The SMILES string of the molecule is O=C(NCC1CCN(C2CCOCC2)CC1)c1ccc2c(c1)OCO2. The highest BCUT2D eigenvalue weighted by Gasteiger charge is 2.26. The van der Waals surface area contributed by atoms with Gasteiger partial charge in [-0.3, -0.25) is 4.79 Å². The quantitative estimate of drug-likeness (QED) is 0.904. The van der Waals surface area contributed by atoms with Crippen molar-refractivity contribution in [3.05, 3.63) is 23.8 Å². The maximum Gasteiger partial charge on any atom is 0.251 e. The number of carbonyl (C=O) groups excluding carboxylic acids is 1. The van der Waals surface area contributed by atoms with Gasteiger partial charge in [0.05, 0.1) is 0 Å². The number of rotatable bonds is 4. The van der Waals surface area contributed by atoms with Crippen LogP contribution in [0.3, 0.4) is 0 Å². The van der Waals surface area contributed by atoms with Gasteiger partial charge in [0.15, 0.2) is 11.5 Å². The van der Waals surface area contributed by atoms with Gasteiger partial charge in [-0.15, -0.1) is 0 Å². The highest BCUT2D eigenvalue weighted by atomic mass is 16.7. The van der Waals surface area contributed by atoms with Crippen LogP contribution in [0.1, 0.15) is 36.0 Å². The molecule has 4 rings (SSSR count). The molecule has 2 fully saturated rings. The van der Waals surface area contributed by atoms with Crippen LogP contribution in [0.25, 0.3) is 0 Å². The number of likely N-dealkylation sites (tertiary alicyclic amines) is 1. The van der Waals surface area contributed by atoms with Crippen molar-refractivity contribution in [3.8, 4) is 11.5 Å². The first-order valence-corrected chi connectivity index (χ1v) is 9.29. The summed E-state index contributed by atoms with van der Waals surface area (Å²) in [5, 5.41) is 3.08. The van der Waals surface area contributed by atoms with E-state index < -0.39 is 0 Å². The lowest BCUT2D eigenvalue weighted by atomic mass is 9.94. The van der Waals surface area contributed by atoms with Gasteiger partial charge in [-0.05, 0) is 62.9 Å². The minimum atomic E-state index is -0.0369. The van der Waals surface area contributed by atoms with Gasteiger partial charge in [-0.25, -0.2) is 0 Å². The second-order valence-electron chi connectivity index (χ2n) is 7.10. The largest absolute Gasteiger partial charge is 0.454 e. The molecular weight excluding hydrogens is 320 g/mol. The lowest BCUT2D eigenvalue weighted by molar-refractivity contribution is 0.0211. The summed E-state index contributed by atoms with van der Waals surface area (Å²) in [4.78, 5) is 15.0. The predicted octanol–water partition coefficient (Wildman–Crippen LogP) is 2.04. The Hall–Kier alpha value is -1.79. The van der Waals surface area contributed by atoms with Crippen LogP contribution >= 0.6 is 0 Å². The average Bonchev–Trinajstić information content (AvgIpc) is 3.15. The van der Waals surface area contributed by atoms with E-state index in [-0.39, 0.29) is 12.7 Å². The number of fused-ring (bicyclic) bond motifs is 1. The molecule has 3 heterocycles. The Balaban J connectivity index is 1.23. The molecule has 6 nitrogen and oxygen atoms in total. The predicted molar refractivity (Wildman–Crippen MR) is 93.0 cm³/mol. The maximum absolute atomic E-state index is 12.4. The molecule has 3 aliphatic rings. The van der Waals surface area contributed by atoms with Gasteiger partial charge in [0.1, 0.15) is 0 Å². The van der Waals surface area contributed by atoms with Crippen molar-refractivity contribution in [1.82, 2.24) is 10.2 Å². The van der Waals surface area contributed by atoms with Crippen LogP contribution in [0.2, 0.25) is 0 Å². The first-order chi connectivity index (χ1) is 12.3. The third kappa shape index (κ3) is 3.90. The third-order valence-corrected chi connectivity index (χ3v) is 5.54. The summed E-state index contributed by atoms with van der Waals surface area (Å²) in [5.41, 5.74) is 0.629. The summed E-state index contributed by atoms with van der Waals surface area (Å²) in [7, 11) is 0. The van der Waals surface area contributed by atoms with E-state index in [0.717, 1.165) is 58.5 Å². The van der Waals surface area contributed by atoms with Crippen molar-refractivity contribution < 1.29 is 19.0 Å². The fraction of sp³-hybridized carbons (Fsp3) is 0.632. The lowest BCUT2D eigenvalue weighted by Gasteiger charge is -2.39. The molecule has 0 bridgehead atoms. The van der Waals surface area contributed by atoms with Gasteiger partial charge in [-0.1, -0.05) is 0 Å². The summed E-state index contributed by atoms with van der Waals surface area (Å²) in [6, 6.07) is 6.03. The Kier molecular flexibility index (Phi) is 5.08. The molecule has 1 aromatic rings. The number of carbonyl (C=O) groups is 1. The number of nitrogens with one attached hydrogen (secondary N) is 1. The van der Waals surface area contributed by atoms with Crippen molar-refractivity contribution >= 4 is 5.91 Å². The number of nitrogens with zero attached hydrogens (tertiary/aromatic N) is 1. The molecular formula is C19H26N2O4. The Morgan fingerprint density at radius 1 is 1.08 bits per heavy atom. The van der Waals surface area contributed by atoms with E-state index in [4.69, 9.17) is 14.2 Å². The molecule has 0 spiro atoms. The van der Waals surface area contributed by atoms with Crippen LogP contribution in [0.5, 0.6) is 11.5 Å². The molecule has 136 valence electrons. The monoisotopic (exact) mass is 346 g/mol. The molecule has 25 heavy (non-hydrogen) atoms. The molecule has 1 amide bonds. The molecule has 3 aliphatic heterocycles. The van der Waals surface area contributed by atoms with E-state index in [0.29, 0.717) is 29.0 Å². The second-order valence-corrected chi connectivity index (χ2v) is 7.10. The van der Waals surface area contributed by atoms with Crippen molar-refractivity contribution in [2.45, 2.75) is 31.7 Å². The van der Waals surface area contributed by atoms with Gasteiger partial charge in [0, 0.05) is 31.4 Å². The van der Waals surface area contributed by atoms with Crippen molar-refractivity contribution in [2.24, 2.45) is 5.92 Å². The lowest BCUT2D eigenvalue weighted by Crippen LogP contribution is -2.45. The van der Waals surface area contributed by atoms with Crippen molar-refractivity contribution in [1.29, 1.82) is 0 Å². The van der Waals surface area contributed by atoms with E-state index in [1.165, 1.54) is 0 Å². The number of hydrogen-bond acceptors (Lipinski definition) is 5. The fourth-order valence-corrected chi connectivity index (χ4v) is 3.95. The van der Waals surface area contributed by atoms with Gasteiger partial charge < -0.3 is 24.4 Å². The van der Waals surface area contributed by atoms with Crippen LogP contribution in [-0.4, -0.2) is 56.5 Å². The molecule has 0 aliphatic carbocycles. The zero-order valence-corrected chi connectivity index (χ0v) is 14.5. The topological polar surface area (TPSA) is 60.0 Å². The minimum Gasteiger partial charge on any atom is -0.454 e. The van der Waals surface area contributed by atoms with Crippen LogP contribution in [0.4, 0.5) is 0 Å². The van der Waals surface area contributed by atoms with Crippen LogP contribution in [0.15, 0.2) is 18.2 Å². The zero-order valence-electron chi connectivity index (χ0n) is 14.5. The maximum atomic E-state index is 12.4. The summed E-state index contributed by atoms with van der Waals surface area (Å²) < 4.78 is 16.1.